The Labute approximate surface area is 166 Å². The minimum Gasteiger partial charge on any atom is -0.346 e. The fourth-order valence-electron chi connectivity index (χ4n) is 3.99. The topological polar surface area (TPSA) is 28.7 Å². The van der Waals surface area contributed by atoms with Crippen LogP contribution in [0.5, 0.6) is 0 Å². The van der Waals surface area contributed by atoms with Gasteiger partial charge in [-0.05, 0) is 35.2 Å². The monoisotopic (exact) mass is 376 g/mol. The van der Waals surface area contributed by atoms with Crippen LogP contribution in [0.15, 0.2) is 90.3 Å². The number of H-pyrrole nitrogens is 1. The number of rotatable bonds is 2. The van der Waals surface area contributed by atoms with E-state index in [4.69, 9.17) is 4.98 Å². The first-order valence-corrected chi connectivity index (χ1v) is 10.2. The van der Waals surface area contributed by atoms with Crippen LogP contribution in [-0.2, 0) is 0 Å². The molecule has 6 rings (SSSR count). The van der Waals surface area contributed by atoms with E-state index in [1.54, 1.807) is 11.3 Å². The first-order valence-electron chi connectivity index (χ1n) is 9.32. The second-order valence-corrected chi connectivity index (χ2v) is 7.88. The van der Waals surface area contributed by atoms with E-state index in [-0.39, 0.29) is 0 Å². The summed E-state index contributed by atoms with van der Waals surface area (Å²) < 4.78 is 0. The van der Waals surface area contributed by atoms with Crippen LogP contribution in [0.1, 0.15) is 0 Å². The Morgan fingerprint density at radius 3 is 2.25 bits per heavy atom. The van der Waals surface area contributed by atoms with Crippen molar-refractivity contribution in [2.45, 2.75) is 0 Å². The van der Waals surface area contributed by atoms with Crippen molar-refractivity contribution in [2.24, 2.45) is 0 Å². The molecule has 0 atom stereocenters. The molecule has 2 nitrogen and oxygen atoms in total. The molecule has 0 fully saturated rings. The molecule has 0 unspecified atom stereocenters. The molecule has 132 valence electrons. The summed E-state index contributed by atoms with van der Waals surface area (Å²) in [4.78, 5) is 9.93. The maximum atomic E-state index is 5.16. The van der Waals surface area contributed by atoms with E-state index in [9.17, 15) is 0 Å². The summed E-state index contributed by atoms with van der Waals surface area (Å²) in [5.41, 5.74) is 6.77. The molecule has 0 aliphatic heterocycles. The predicted octanol–water partition coefficient (Wildman–Crippen LogP) is 7.26. The maximum absolute atomic E-state index is 5.16. The molecule has 3 heterocycles. The van der Waals surface area contributed by atoms with Crippen molar-refractivity contribution in [1.29, 1.82) is 0 Å². The number of hydrogen-bond donors (Lipinski definition) is 1. The van der Waals surface area contributed by atoms with Crippen LogP contribution < -0.4 is 0 Å². The van der Waals surface area contributed by atoms with Gasteiger partial charge in [0.2, 0.25) is 0 Å². The van der Waals surface area contributed by atoms with Gasteiger partial charge in [-0.3, -0.25) is 0 Å². The van der Waals surface area contributed by atoms with Crippen LogP contribution in [-0.4, -0.2) is 9.97 Å². The van der Waals surface area contributed by atoms with Gasteiger partial charge in [0, 0.05) is 32.8 Å². The zero-order chi connectivity index (χ0) is 18.5. The molecule has 0 aliphatic carbocycles. The molecule has 1 N–H and O–H groups in total. The van der Waals surface area contributed by atoms with E-state index in [0.29, 0.717) is 0 Å². The molecule has 6 aromatic rings. The van der Waals surface area contributed by atoms with Crippen LogP contribution in [0.3, 0.4) is 0 Å². The number of benzene rings is 3. The highest BCUT2D eigenvalue weighted by molar-refractivity contribution is 7.16. The van der Waals surface area contributed by atoms with Gasteiger partial charge in [0.1, 0.15) is 4.83 Å². The third-order valence-corrected chi connectivity index (χ3v) is 6.15. The number of nitrogens with one attached hydrogen (secondary N) is 1. The van der Waals surface area contributed by atoms with Gasteiger partial charge >= 0.3 is 0 Å². The molecular formula is C25H16N2S. The number of aromatic nitrogens is 2. The second kappa shape index (κ2) is 6.04. The summed E-state index contributed by atoms with van der Waals surface area (Å²) in [7, 11) is 0. The molecule has 3 aromatic carbocycles. The zero-order valence-corrected chi connectivity index (χ0v) is 15.8. The summed E-state index contributed by atoms with van der Waals surface area (Å²) in [5.74, 6) is 0. The van der Waals surface area contributed by atoms with E-state index in [1.165, 1.54) is 32.1 Å². The van der Waals surface area contributed by atoms with E-state index in [2.05, 4.69) is 89.2 Å². The largest absolute Gasteiger partial charge is 0.346 e. The maximum Gasteiger partial charge on any atom is 0.100 e. The summed E-state index contributed by atoms with van der Waals surface area (Å²) in [6.45, 7) is 0. The van der Waals surface area contributed by atoms with Gasteiger partial charge in [0.05, 0.1) is 11.2 Å². The summed E-state index contributed by atoms with van der Waals surface area (Å²) in [6, 6.07) is 29.8. The Bertz CT molecular complexity index is 1440. The van der Waals surface area contributed by atoms with Gasteiger partial charge in [-0.1, -0.05) is 60.7 Å². The highest BCUT2D eigenvalue weighted by Gasteiger charge is 2.18. The molecule has 0 bridgehead atoms. The first kappa shape index (κ1) is 15.6. The van der Waals surface area contributed by atoms with Gasteiger partial charge in [-0.15, -0.1) is 11.3 Å². The minimum atomic E-state index is 1.04. The highest BCUT2D eigenvalue weighted by atomic mass is 32.1. The smallest absolute Gasteiger partial charge is 0.100 e. The lowest BCUT2D eigenvalue weighted by Gasteiger charge is -2.05. The number of thiophene rings is 1. The van der Waals surface area contributed by atoms with Gasteiger partial charge in [-0.2, -0.15) is 0 Å². The van der Waals surface area contributed by atoms with Gasteiger partial charge in [0.15, 0.2) is 0 Å². The second-order valence-electron chi connectivity index (χ2n) is 6.96. The average molecular weight is 376 g/mol. The number of nitrogens with zero attached hydrogens (tertiary/aromatic N) is 1. The van der Waals surface area contributed by atoms with Crippen molar-refractivity contribution in [3.05, 3.63) is 90.3 Å². The standard InChI is InChI=1S/C25H16N2S/c1-3-7-16(8-4-1)22-19-11-12-21-20(15-18-13-14-28-25(18)26-21)24(19)27-23(22)17-9-5-2-6-10-17/h1-15,26H. The fraction of sp³-hybridized carbons (Fsp3) is 0. The Kier molecular flexibility index (Phi) is 3.37. The average Bonchev–Trinajstić information content (AvgIpc) is 3.37. The zero-order valence-electron chi connectivity index (χ0n) is 15.0. The Hall–Kier alpha value is -3.43. The molecule has 0 spiro atoms. The van der Waals surface area contributed by atoms with Crippen LogP contribution in [0.4, 0.5) is 0 Å². The van der Waals surface area contributed by atoms with E-state index < -0.39 is 0 Å². The molecule has 0 aliphatic rings. The fourth-order valence-corrected chi connectivity index (χ4v) is 4.78. The van der Waals surface area contributed by atoms with Crippen molar-refractivity contribution in [3.63, 3.8) is 0 Å². The molecule has 0 saturated heterocycles. The first-order chi connectivity index (χ1) is 13.9. The SMILES string of the molecule is c1ccc(-c2nc3c(ccc4[nH]c5sccc5cc43)c2-c2ccccc2)cc1. The molecule has 3 heteroatoms. The molecule has 28 heavy (non-hydrogen) atoms. The molecule has 0 saturated carbocycles. The van der Waals surface area contributed by atoms with Crippen molar-refractivity contribution in [3.8, 4) is 22.4 Å². The lowest BCUT2D eigenvalue weighted by atomic mass is 9.98. The van der Waals surface area contributed by atoms with E-state index in [0.717, 1.165) is 22.3 Å². The molecule has 3 aromatic heterocycles. The van der Waals surface area contributed by atoms with Crippen LogP contribution in [0.25, 0.3) is 54.4 Å². The van der Waals surface area contributed by atoms with E-state index >= 15 is 0 Å². The van der Waals surface area contributed by atoms with Crippen molar-refractivity contribution < 1.29 is 0 Å². The minimum absolute atomic E-state index is 1.04. The van der Waals surface area contributed by atoms with Crippen LogP contribution in [0.2, 0.25) is 0 Å². The van der Waals surface area contributed by atoms with Gasteiger partial charge in [-0.25, -0.2) is 4.98 Å². The Morgan fingerprint density at radius 1 is 0.714 bits per heavy atom. The highest BCUT2D eigenvalue weighted by Crippen LogP contribution is 2.41. The van der Waals surface area contributed by atoms with E-state index in [1.807, 2.05) is 6.07 Å². The number of fused-ring (bicyclic) bond motifs is 4. The normalized spacial score (nSPS) is 11.6. The Morgan fingerprint density at radius 2 is 1.46 bits per heavy atom. The van der Waals surface area contributed by atoms with Crippen molar-refractivity contribution in [1.82, 2.24) is 9.97 Å². The number of aromatic amines is 1. The Balaban J connectivity index is 1.77. The van der Waals surface area contributed by atoms with Crippen molar-refractivity contribution in [2.75, 3.05) is 0 Å². The van der Waals surface area contributed by atoms with Gasteiger partial charge in [0.25, 0.3) is 0 Å². The molecule has 0 radical (unpaired) electrons. The number of pyridine rings is 1. The summed E-state index contributed by atoms with van der Waals surface area (Å²) in [5, 5.41) is 5.72. The molecular weight excluding hydrogens is 360 g/mol. The van der Waals surface area contributed by atoms with Crippen LogP contribution >= 0.6 is 11.3 Å². The van der Waals surface area contributed by atoms with Crippen LogP contribution in [0, 0.1) is 0 Å². The van der Waals surface area contributed by atoms with Crippen molar-refractivity contribution >= 4 is 43.4 Å². The van der Waals surface area contributed by atoms with Gasteiger partial charge < -0.3 is 4.98 Å². The molecule has 0 amide bonds. The predicted molar refractivity (Wildman–Crippen MR) is 120 cm³/mol. The third kappa shape index (κ3) is 2.30. The summed E-state index contributed by atoms with van der Waals surface area (Å²) >= 11 is 1.73. The lowest BCUT2D eigenvalue weighted by molar-refractivity contribution is 1.45. The summed E-state index contributed by atoms with van der Waals surface area (Å²) in [6.07, 6.45) is 0. The lowest BCUT2D eigenvalue weighted by Crippen LogP contribution is -1.82. The third-order valence-electron chi connectivity index (χ3n) is 5.30. The number of hydrogen-bond acceptors (Lipinski definition) is 2. The quantitative estimate of drug-likeness (QED) is 0.338.